The van der Waals surface area contributed by atoms with Gasteiger partial charge in [0.25, 0.3) is 0 Å². The van der Waals surface area contributed by atoms with E-state index in [2.05, 4.69) is 21.7 Å². The van der Waals surface area contributed by atoms with Gasteiger partial charge in [0.15, 0.2) is 5.96 Å². The molecule has 0 aliphatic carbocycles. The maximum absolute atomic E-state index is 11.2. The molecule has 1 aromatic rings. The SMILES string of the molecule is CCOc1ccccc1CCNC(=NC)NC(C)CCS(C)(=O)=O. The number of guanidine groups is 1. The molecule has 1 unspecified atom stereocenters. The summed E-state index contributed by atoms with van der Waals surface area (Å²) < 4.78 is 28.1. The van der Waals surface area contributed by atoms with Crippen LogP contribution in [0, 0.1) is 0 Å². The van der Waals surface area contributed by atoms with Crippen molar-refractivity contribution in [3.05, 3.63) is 29.8 Å². The molecule has 0 amide bonds. The molecule has 0 fully saturated rings. The number of rotatable bonds is 9. The average Bonchev–Trinajstić information content (AvgIpc) is 2.53. The summed E-state index contributed by atoms with van der Waals surface area (Å²) in [5.41, 5.74) is 1.15. The monoisotopic (exact) mass is 355 g/mol. The second-order valence-electron chi connectivity index (χ2n) is 5.75. The highest BCUT2D eigenvalue weighted by atomic mass is 32.2. The van der Waals surface area contributed by atoms with Gasteiger partial charge in [0.2, 0.25) is 0 Å². The zero-order valence-electron chi connectivity index (χ0n) is 15.0. The Morgan fingerprint density at radius 2 is 2.04 bits per heavy atom. The van der Waals surface area contributed by atoms with Crippen LogP contribution in [0.1, 0.15) is 25.8 Å². The van der Waals surface area contributed by atoms with Crippen molar-refractivity contribution in [1.29, 1.82) is 0 Å². The van der Waals surface area contributed by atoms with E-state index in [1.165, 1.54) is 6.26 Å². The van der Waals surface area contributed by atoms with Gasteiger partial charge >= 0.3 is 0 Å². The molecule has 0 radical (unpaired) electrons. The van der Waals surface area contributed by atoms with Gasteiger partial charge in [0, 0.05) is 25.9 Å². The second kappa shape index (κ2) is 10.2. The first kappa shape index (κ1) is 20.3. The van der Waals surface area contributed by atoms with Gasteiger partial charge in [-0.25, -0.2) is 8.42 Å². The first-order valence-corrected chi connectivity index (χ1v) is 10.3. The Kier molecular flexibility index (Phi) is 8.60. The standard InChI is InChI=1S/C17H29N3O3S/c1-5-23-16-9-7-6-8-15(16)10-12-19-17(18-3)20-14(2)11-13-24(4,21)22/h6-9,14H,5,10-13H2,1-4H3,(H2,18,19,20). The number of hydrogen-bond donors (Lipinski definition) is 2. The van der Waals surface area contributed by atoms with Crippen molar-refractivity contribution in [3.8, 4) is 5.75 Å². The molecule has 6 nitrogen and oxygen atoms in total. The van der Waals surface area contributed by atoms with Gasteiger partial charge in [-0.05, 0) is 38.3 Å². The van der Waals surface area contributed by atoms with Crippen LogP contribution in [0.25, 0.3) is 0 Å². The van der Waals surface area contributed by atoms with Gasteiger partial charge in [0.1, 0.15) is 15.6 Å². The van der Waals surface area contributed by atoms with Gasteiger partial charge in [-0.3, -0.25) is 4.99 Å². The molecule has 1 aromatic carbocycles. The van der Waals surface area contributed by atoms with Crippen LogP contribution in [-0.2, 0) is 16.3 Å². The summed E-state index contributed by atoms with van der Waals surface area (Å²) in [7, 11) is -1.24. The molecule has 0 spiro atoms. The Labute approximate surface area is 145 Å². The topological polar surface area (TPSA) is 79.8 Å². The van der Waals surface area contributed by atoms with E-state index in [1.807, 2.05) is 32.0 Å². The first-order valence-electron chi connectivity index (χ1n) is 8.21. The highest BCUT2D eigenvalue weighted by molar-refractivity contribution is 7.90. The minimum absolute atomic E-state index is 0.0293. The van der Waals surface area contributed by atoms with Crippen LogP contribution in [0.2, 0.25) is 0 Å². The van der Waals surface area contributed by atoms with Crippen LogP contribution >= 0.6 is 0 Å². The predicted octanol–water partition coefficient (Wildman–Crippen LogP) is 1.62. The van der Waals surface area contributed by atoms with E-state index >= 15 is 0 Å². The average molecular weight is 356 g/mol. The molecule has 136 valence electrons. The van der Waals surface area contributed by atoms with E-state index in [-0.39, 0.29) is 11.8 Å². The smallest absolute Gasteiger partial charge is 0.191 e. The molecular weight excluding hydrogens is 326 g/mol. The molecule has 7 heteroatoms. The molecule has 0 aliphatic heterocycles. The van der Waals surface area contributed by atoms with E-state index in [1.54, 1.807) is 7.05 Å². The fourth-order valence-electron chi connectivity index (χ4n) is 2.21. The highest BCUT2D eigenvalue weighted by Gasteiger charge is 2.09. The largest absolute Gasteiger partial charge is 0.494 e. The Morgan fingerprint density at radius 1 is 1.33 bits per heavy atom. The fraction of sp³-hybridized carbons (Fsp3) is 0.588. The van der Waals surface area contributed by atoms with Crippen LogP contribution in [0.15, 0.2) is 29.3 Å². The number of aliphatic imine (C=N–C) groups is 1. The lowest BCUT2D eigenvalue weighted by Crippen LogP contribution is -2.43. The van der Waals surface area contributed by atoms with Crippen molar-refractivity contribution in [2.24, 2.45) is 4.99 Å². The van der Waals surface area contributed by atoms with Crippen LogP contribution in [0.5, 0.6) is 5.75 Å². The number of hydrogen-bond acceptors (Lipinski definition) is 4. The number of nitrogens with one attached hydrogen (secondary N) is 2. The third kappa shape index (κ3) is 8.19. The summed E-state index contributed by atoms with van der Waals surface area (Å²) in [6.45, 7) is 5.27. The van der Waals surface area contributed by atoms with Crippen molar-refractivity contribution < 1.29 is 13.2 Å². The number of sulfone groups is 1. The minimum atomic E-state index is -2.94. The Morgan fingerprint density at radius 3 is 2.67 bits per heavy atom. The maximum Gasteiger partial charge on any atom is 0.191 e. The van der Waals surface area contributed by atoms with E-state index in [0.717, 1.165) is 17.7 Å². The van der Waals surface area contributed by atoms with E-state index in [9.17, 15) is 8.42 Å². The summed E-state index contributed by atoms with van der Waals surface area (Å²) >= 11 is 0. The quantitative estimate of drug-likeness (QED) is 0.520. The molecule has 1 rings (SSSR count). The minimum Gasteiger partial charge on any atom is -0.494 e. The van der Waals surface area contributed by atoms with Crippen LogP contribution in [-0.4, -0.2) is 52.6 Å². The zero-order valence-corrected chi connectivity index (χ0v) is 15.8. The van der Waals surface area contributed by atoms with Crippen molar-refractivity contribution in [3.63, 3.8) is 0 Å². The Hall–Kier alpha value is -1.76. The van der Waals surface area contributed by atoms with Crippen molar-refractivity contribution in [1.82, 2.24) is 10.6 Å². The highest BCUT2D eigenvalue weighted by Crippen LogP contribution is 2.17. The van der Waals surface area contributed by atoms with Gasteiger partial charge in [-0.2, -0.15) is 0 Å². The number of ether oxygens (including phenoxy) is 1. The third-order valence-electron chi connectivity index (χ3n) is 3.49. The predicted molar refractivity (Wildman–Crippen MR) is 99.6 cm³/mol. The first-order chi connectivity index (χ1) is 11.4. The molecular formula is C17H29N3O3S. The summed E-state index contributed by atoms with van der Waals surface area (Å²) in [4.78, 5) is 4.18. The van der Waals surface area contributed by atoms with Crippen molar-refractivity contribution in [2.45, 2.75) is 32.7 Å². The second-order valence-corrected chi connectivity index (χ2v) is 8.01. The molecule has 24 heavy (non-hydrogen) atoms. The maximum atomic E-state index is 11.2. The van der Waals surface area contributed by atoms with Crippen LogP contribution < -0.4 is 15.4 Å². The van der Waals surface area contributed by atoms with E-state index < -0.39 is 9.84 Å². The van der Waals surface area contributed by atoms with E-state index in [4.69, 9.17) is 4.74 Å². The molecule has 0 bridgehead atoms. The molecule has 2 N–H and O–H groups in total. The lowest BCUT2D eigenvalue weighted by Gasteiger charge is -2.18. The number of nitrogens with zero attached hydrogens (tertiary/aromatic N) is 1. The lowest BCUT2D eigenvalue weighted by molar-refractivity contribution is 0.336. The van der Waals surface area contributed by atoms with Gasteiger partial charge in [-0.1, -0.05) is 18.2 Å². The summed E-state index contributed by atoms with van der Waals surface area (Å²) in [6, 6.07) is 8.02. The van der Waals surface area contributed by atoms with Crippen molar-refractivity contribution in [2.75, 3.05) is 32.2 Å². The summed E-state index contributed by atoms with van der Waals surface area (Å²) in [5, 5.41) is 6.46. The normalized spacial score (nSPS) is 13.4. The van der Waals surface area contributed by atoms with Crippen molar-refractivity contribution >= 4 is 15.8 Å². The summed E-state index contributed by atoms with van der Waals surface area (Å²) in [6.07, 6.45) is 2.61. The zero-order chi connectivity index (χ0) is 18.0. The molecule has 0 heterocycles. The molecule has 0 aromatic heterocycles. The lowest BCUT2D eigenvalue weighted by atomic mass is 10.1. The molecule has 0 saturated heterocycles. The van der Waals surface area contributed by atoms with Gasteiger partial charge in [0.05, 0.1) is 12.4 Å². The number of para-hydroxylation sites is 1. The number of benzene rings is 1. The van der Waals surface area contributed by atoms with Gasteiger partial charge in [-0.15, -0.1) is 0 Å². The molecule has 0 saturated carbocycles. The van der Waals surface area contributed by atoms with Crippen LogP contribution in [0.4, 0.5) is 0 Å². The third-order valence-corrected chi connectivity index (χ3v) is 4.46. The van der Waals surface area contributed by atoms with Gasteiger partial charge < -0.3 is 15.4 Å². The van der Waals surface area contributed by atoms with Crippen LogP contribution in [0.3, 0.4) is 0 Å². The molecule has 0 aliphatic rings. The van der Waals surface area contributed by atoms with E-state index in [0.29, 0.717) is 25.5 Å². The Bertz CT molecular complexity index is 630. The Balaban J connectivity index is 2.45. The molecule has 1 atom stereocenters. The summed E-state index contributed by atoms with van der Waals surface area (Å²) in [5.74, 6) is 1.75. The fourth-order valence-corrected chi connectivity index (χ4v) is 3.00.